The number of para-hydroxylation sites is 1. The molecule has 0 N–H and O–H groups in total. The van der Waals surface area contributed by atoms with Crippen LogP contribution >= 0.6 is 0 Å². The van der Waals surface area contributed by atoms with Crippen molar-refractivity contribution in [2.75, 3.05) is 11.9 Å². The number of hydrogen-bond acceptors (Lipinski definition) is 3. The Morgan fingerprint density at radius 1 is 1.08 bits per heavy atom. The van der Waals surface area contributed by atoms with Crippen molar-refractivity contribution in [3.05, 3.63) is 88.9 Å². The van der Waals surface area contributed by atoms with Crippen molar-refractivity contribution >= 4 is 17.0 Å². The zero-order valence-corrected chi connectivity index (χ0v) is 15.6. The molecule has 1 aliphatic heterocycles. The minimum atomic E-state index is -0.102. The van der Waals surface area contributed by atoms with E-state index in [1.807, 2.05) is 31.2 Å². The van der Waals surface area contributed by atoms with E-state index < -0.39 is 0 Å². The Balaban J connectivity index is 1.77. The molecule has 0 radical (unpaired) electrons. The summed E-state index contributed by atoms with van der Waals surface area (Å²) in [5.41, 5.74) is 6.82. The predicted octanol–water partition coefficient (Wildman–Crippen LogP) is 4.92. The SMILES string of the molecule is CC1=CC(=CC=C2N(C)c3ccccc3C2(C)C)C(=O)c2ncccc21. The smallest absolute Gasteiger partial charge is 0.211 e. The molecule has 2 aromatic rings. The number of allylic oxidation sites excluding steroid dienone is 6. The molecule has 2 aliphatic rings. The van der Waals surface area contributed by atoms with Gasteiger partial charge in [-0.25, -0.2) is 0 Å². The maximum absolute atomic E-state index is 12.8. The minimum Gasteiger partial charge on any atom is -0.347 e. The van der Waals surface area contributed by atoms with E-state index in [1.165, 1.54) is 16.9 Å². The van der Waals surface area contributed by atoms with Crippen LogP contribution in [0.4, 0.5) is 5.69 Å². The number of benzene rings is 1. The molecule has 0 saturated heterocycles. The zero-order chi connectivity index (χ0) is 18.5. The number of carbonyl (C=O) groups excluding carboxylic acids is 1. The van der Waals surface area contributed by atoms with Crippen molar-refractivity contribution in [1.29, 1.82) is 0 Å². The van der Waals surface area contributed by atoms with Crippen LogP contribution in [0.25, 0.3) is 5.57 Å². The molecule has 2 heterocycles. The fraction of sp³-hybridized carbons (Fsp3) is 0.217. The summed E-state index contributed by atoms with van der Waals surface area (Å²) in [6.07, 6.45) is 7.64. The second-order valence-electron chi connectivity index (χ2n) is 7.43. The van der Waals surface area contributed by atoms with Crippen molar-refractivity contribution in [3.63, 3.8) is 0 Å². The number of ketones is 1. The van der Waals surface area contributed by atoms with Gasteiger partial charge in [-0.15, -0.1) is 0 Å². The largest absolute Gasteiger partial charge is 0.347 e. The Kier molecular flexibility index (Phi) is 3.69. The Labute approximate surface area is 154 Å². The maximum atomic E-state index is 12.8. The van der Waals surface area contributed by atoms with Gasteiger partial charge in [-0.05, 0) is 48.4 Å². The highest BCUT2D eigenvalue weighted by molar-refractivity contribution is 6.15. The number of hydrogen-bond donors (Lipinski definition) is 0. The summed E-state index contributed by atoms with van der Waals surface area (Å²) in [5.74, 6) is -0.0148. The van der Waals surface area contributed by atoms with Crippen LogP contribution in [0.2, 0.25) is 0 Å². The van der Waals surface area contributed by atoms with Crippen LogP contribution in [0.1, 0.15) is 42.4 Å². The van der Waals surface area contributed by atoms with Crippen molar-refractivity contribution in [2.45, 2.75) is 26.2 Å². The van der Waals surface area contributed by atoms with Gasteiger partial charge in [0.2, 0.25) is 5.78 Å². The van der Waals surface area contributed by atoms with Gasteiger partial charge >= 0.3 is 0 Å². The maximum Gasteiger partial charge on any atom is 0.211 e. The van der Waals surface area contributed by atoms with E-state index in [-0.39, 0.29) is 11.2 Å². The first-order valence-corrected chi connectivity index (χ1v) is 8.85. The molecule has 130 valence electrons. The van der Waals surface area contributed by atoms with Gasteiger partial charge in [0.1, 0.15) is 5.69 Å². The minimum absolute atomic E-state index is 0.0148. The predicted molar refractivity (Wildman–Crippen MR) is 106 cm³/mol. The number of nitrogens with zero attached hydrogens (tertiary/aromatic N) is 2. The summed E-state index contributed by atoms with van der Waals surface area (Å²) in [5, 5.41) is 0. The summed E-state index contributed by atoms with van der Waals surface area (Å²) >= 11 is 0. The lowest BCUT2D eigenvalue weighted by Gasteiger charge is -2.24. The van der Waals surface area contributed by atoms with E-state index in [0.29, 0.717) is 11.3 Å². The lowest BCUT2D eigenvalue weighted by atomic mass is 9.83. The standard InChI is InChI=1S/C23H22N2O/c1-15-14-16(22(26)21-17(15)8-7-13-24-21)11-12-20-23(2,3)18-9-5-6-10-19(18)25(20)4/h5-14H,1-4H3. The van der Waals surface area contributed by atoms with Gasteiger partial charge < -0.3 is 4.90 Å². The van der Waals surface area contributed by atoms with E-state index in [1.54, 1.807) is 6.20 Å². The van der Waals surface area contributed by atoms with Crippen molar-refractivity contribution in [2.24, 2.45) is 0 Å². The van der Waals surface area contributed by atoms with Crippen LogP contribution in [0.3, 0.4) is 0 Å². The normalized spacial score (nSPS) is 21.0. The molecule has 0 unspecified atom stereocenters. The fourth-order valence-electron chi connectivity index (χ4n) is 4.01. The highest BCUT2D eigenvalue weighted by Crippen LogP contribution is 2.46. The monoisotopic (exact) mass is 342 g/mol. The molecule has 1 aliphatic carbocycles. The van der Waals surface area contributed by atoms with E-state index >= 15 is 0 Å². The molecule has 0 atom stereocenters. The Bertz CT molecular complexity index is 1010. The number of Topliss-reactive ketones (excluding diaryl/α,β-unsaturated/α-hetero) is 1. The number of pyridine rings is 1. The lowest BCUT2D eigenvalue weighted by Crippen LogP contribution is -2.22. The van der Waals surface area contributed by atoms with Crippen molar-refractivity contribution < 1.29 is 4.79 Å². The number of fused-ring (bicyclic) bond motifs is 2. The van der Waals surface area contributed by atoms with E-state index in [4.69, 9.17) is 0 Å². The zero-order valence-electron chi connectivity index (χ0n) is 15.6. The third kappa shape index (κ3) is 2.35. The summed E-state index contributed by atoms with van der Waals surface area (Å²) in [6, 6.07) is 12.3. The molecule has 0 bridgehead atoms. The third-order valence-electron chi connectivity index (χ3n) is 5.44. The second kappa shape index (κ2) is 5.80. The molecular weight excluding hydrogens is 320 g/mol. The lowest BCUT2D eigenvalue weighted by molar-refractivity contribution is 0.103. The molecule has 3 nitrogen and oxygen atoms in total. The van der Waals surface area contributed by atoms with Gasteiger partial charge in [0.15, 0.2) is 0 Å². The molecule has 3 heteroatoms. The van der Waals surface area contributed by atoms with Crippen LogP contribution in [-0.2, 0) is 5.41 Å². The average molecular weight is 342 g/mol. The highest BCUT2D eigenvalue weighted by Gasteiger charge is 2.37. The number of aromatic nitrogens is 1. The second-order valence-corrected chi connectivity index (χ2v) is 7.43. The summed E-state index contributed by atoms with van der Waals surface area (Å²) < 4.78 is 0. The summed E-state index contributed by atoms with van der Waals surface area (Å²) in [7, 11) is 2.08. The van der Waals surface area contributed by atoms with Crippen LogP contribution < -0.4 is 4.90 Å². The highest BCUT2D eigenvalue weighted by atomic mass is 16.1. The Morgan fingerprint density at radius 2 is 1.85 bits per heavy atom. The molecular formula is C23H22N2O. The van der Waals surface area contributed by atoms with Gasteiger partial charge in [-0.1, -0.05) is 38.1 Å². The number of rotatable bonds is 1. The van der Waals surface area contributed by atoms with Gasteiger partial charge in [0.05, 0.1) is 0 Å². The summed E-state index contributed by atoms with van der Waals surface area (Å²) in [6.45, 7) is 6.47. The van der Waals surface area contributed by atoms with Crippen LogP contribution in [-0.4, -0.2) is 17.8 Å². The quantitative estimate of drug-likeness (QED) is 0.690. The molecule has 0 amide bonds. The number of likely N-dealkylation sites (N-methyl/N-ethyl adjacent to an activating group) is 1. The molecule has 26 heavy (non-hydrogen) atoms. The first-order valence-electron chi connectivity index (χ1n) is 8.85. The Hall–Kier alpha value is -2.94. The first-order chi connectivity index (χ1) is 12.4. The number of carbonyl (C=O) groups is 1. The summed E-state index contributed by atoms with van der Waals surface area (Å²) in [4.78, 5) is 19.3. The molecule has 0 spiro atoms. The topological polar surface area (TPSA) is 33.2 Å². The third-order valence-corrected chi connectivity index (χ3v) is 5.44. The van der Waals surface area contributed by atoms with Gasteiger partial charge in [-0.2, -0.15) is 0 Å². The molecule has 1 aromatic carbocycles. The van der Waals surface area contributed by atoms with Crippen LogP contribution in [0.15, 0.2) is 72.1 Å². The van der Waals surface area contributed by atoms with E-state index in [0.717, 1.165) is 11.1 Å². The van der Waals surface area contributed by atoms with Crippen molar-refractivity contribution in [3.8, 4) is 0 Å². The van der Waals surface area contributed by atoms with Crippen molar-refractivity contribution in [1.82, 2.24) is 4.98 Å². The number of anilines is 1. The van der Waals surface area contributed by atoms with Gasteiger partial charge in [0.25, 0.3) is 0 Å². The van der Waals surface area contributed by atoms with Gasteiger partial charge in [0, 0.05) is 41.2 Å². The average Bonchev–Trinajstić information content (AvgIpc) is 2.84. The Morgan fingerprint density at radius 3 is 2.62 bits per heavy atom. The molecule has 0 saturated carbocycles. The van der Waals surface area contributed by atoms with E-state index in [9.17, 15) is 4.79 Å². The molecule has 0 fully saturated rings. The van der Waals surface area contributed by atoms with Gasteiger partial charge in [-0.3, -0.25) is 9.78 Å². The molecule has 1 aromatic heterocycles. The first kappa shape index (κ1) is 16.5. The molecule has 4 rings (SSSR count). The van der Waals surface area contributed by atoms with E-state index in [2.05, 4.69) is 61.1 Å². The van der Waals surface area contributed by atoms with Crippen LogP contribution in [0, 0.1) is 0 Å². The fourth-order valence-corrected chi connectivity index (χ4v) is 4.01. The van der Waals surface area contributed by atoms with Crippen LogP contribution in [0.5, 0.6) is 0 Å².